The van der Waals surface area contributed by atoms with E-state index in [0.29, 0.717) is 18.8 Å². The highest BCUT2D eigenvalue weighted by Crippen LogP contribution is 2.47. The predicted molar refractivity (Wildman–Crippen MR) is 105 cm³/mol. The van der Waals surface area contributed by atoms with E-state index in [4.69, 9.17) is 0 Å². The van der Waals surface area contributed by atoms with Crippen molar-refractivity contribution in [2.75, 3.05) is 5.32 Å². The summed E-state index contributed by atoms with van der Waals surface area (Å²) in [6, 6.07) is 6.32. The van der Waals surface area contributed by atoms with Gasteiger partial charge in [-0.1, -0.05) is 57.7 Å². The van der Waals surface area contributed by atoms with Crippen LogP contribution < -0.4 is 10.6 Å². The molecular formula is C22H32N2O2. The fourth-order valence-corrected chi connectivity index (χ4v) is 4.00. The molecule has 0 aliphatic heterocycles. The lowest BCUT2D eigenvalue weighted by Crippen LogP contribution is -2.44. The lowest BCUT2D eigenvalue weighted by atomic mass is 9.96. The maximum Gasteiger partial charge on any atom is 0.240 e. The summed E-state index contributed by atoms with van der Waals surface area (Å²) in [6.45, 7) is 6.25. The normalized spacial score (nSPS) is 19.7. The van der Waals surface area contributed by atoms with Crippen LogP contribution in [0.3, 0.4) is 0 Å². The van der Waals surface area contributed by atoms with E-state index in [1.165, 1.54) is 25.7 Å². The number of rotatable bonds is 5. The van der Waals surface area contributed by atoms with Gasteiger partial charge in [0.2, 0.25) is 11.8 Å². The van der Waals surface area contributed by atoms with E-state index in [0.717, 1.165) is 29.7 Å². The predicted octanol–water partition coefficient (Wildman–Crippen LogP) is 4.68. The second-order valence-corrected chi connectivity index (χ2v) is 8.39. The first kappa shape index (κ1) is 18.9. The second kappa shape index (κ2) is 7.81. The van der Waals surface area contributed by atoms with Crippen molar-refractivity contribution >= 4 is 17.5 Å². The topological polar surface area (TPSA) is 58.2 Å². The van der Waals surface area contributed by atoms with Gasteiger partial charge in [0.15, 0.2) is 0 Å². The van der Waals surface area contributed by atoms with Gasteiger partial charge in [0.25, 0.3) is 0 Å². The van der Waals surface area contributed by atoms with Crippen molar-refractivity contribution in [2.24, 2.45) is 5.41 Å². The molecule has 4 nitrogen and oxygen atoms in total. The van der Waals surface area contributed by atoms with Crippen LogP contribution in [0.4, 0.5) is 5.69 Å². The van der Waals surface area contributed by atoms with Crippen molar-refractivity contribution in [1.29, 1.82) is 0 Å². The summed E-state index contributed by atoms with van der Waals surface area (Å²) in [4.78, 5) is 25.9. The SMILES string of the molecule is Cc1cccc(C(C)C)c1NC(=O)C1(C(=O)NC2CCCCCC2)CC1. The van der Waals surface area contributed by atoms with Gasteiger partial charge in [-0.15, -0.1) is 0 Å². The molecule has 26 heavy (non-hydrogen) atoms. The minimum Gasteiger partial charge on any atom is -0.352 e. The zero-order valence-corrected chi connectivity index (χ0v) is 16.4. The molecule has 3 rings (SSSR count). The van der Waals surface area contributed by atoms with Crippen molar-refractivity contribution in [1.82, 2.24) is 5.32 Å². The van der Waals surface area contributed by atoms with Crippen LogP contribution in [-0.2, 0) is 9.59 Å². The van der Waals surface area contributed by atoms with Crippen molar-refractivity contribution in [2.45, 2.75) is 84.1 Å². The Morgan fingerprint density at radius 3 is 2.27 bits per heavy atom. The molecule has 2 amide bonds. The molecule has 1 aromatic rings. The number of carbonyl (C=O) groups excluding carboxylic acids is 2. The van der Waals surface area contributed by atoms with Crippen LogP contribution >= 0.6 is 0 Å². The summed E-state index contributed by atoms with van der Waals surface area (Å²) in [7, 11) is 0. The molecule has 2 saturated carbocycles. The molecule has 1 aromatic carbocycles. The van der Waals surface area contributed by atoms with Crippen LogP contribution in [0.5, 0.6) is 0 Å². The van der Waals surface area contributed by atoms with Crippen molar-refractivity contribution < 1.29 is 9.59 Å². The van der Waals surface area contributed by atoms with Crippen molar-refractivity contribution in [3.8, 4) is 0 Å². The Bertz CT molecular complexity index is 669. The second-order valence-electron chi connectivity index (χ2n) is 8.39. The molecule has 0 heterocycles. The van der Waals surface area contributed by atoms with Crippen LogP contribution in [0.2, 0.25) is 0 Å². The number of benzene rings is 1. The molecule has 0 aromatic heterocycles. The third kappa shape index (κ3) is 3.94. The van der Waals surface area contributed by atoms with E-state index in [9.17, 15) is 9.59 Å². The Morgan fingerprint density at radius 2 is 1.69 bits per heavy atom. The van der Waals surface area contributed by atoms with Crippen molar-refractivity contribution in [3.63, 3.8) is 0 Å². The van der Waals surface area contributed by atoms with Gasteiger partial charge in [0.1, 0.15) is 5.41 Å². The number of hydrogen-bond donors (Lipinski definition) is 2. The maximum absolute atomic E-state index is 13.0. The summed E-state index contributed by atoms with van der Waals surface area (Å²) in [5, 5.41) is 6.27. The standard InChI is InChI=1S/C22H32N2O2/c1-15(2)18-12-8-9-16(3)19(18)24-21(26)22(13-14-22)20(25)23-17-10-6-4-5-7-11-17/h8-9,12,15,17H,4-7,10-11,13-14H2,1-3H3,(H,23,25)(H,24,26). The van der Waals surface area contributed by atoms with Gasteiger partial charge < -0.3 is 10.6 Å². The molecule has 2 aliphatic carbocycles. The Labute approximate surface area is 157 Å². The van der Waals surface area contributed by atoms with E-state index in [-0.39, 0.29) is 17.9 Å². The summed E-state index contributed by atoms with van der Waals surface area (Å²) in [5.74, 6) is 0.113. The number of aryl methyl sites for hydroxylation is 1. The number of nitrogens with one attached hydrogen (secondary N) is 2. The average Bonchev–Trinajstić information content (AvgIpc) is 3.41. The first-order chi connectivity index (χ1) is 12.4. The lowest BCUT2D eigenvalue weighted by Gasteiger charge is -2.22. The molecule has 142 valence electrons. The van der Waals surface area contributed by atoms with Gasteiger partial charge >= 0.3 is 0 Å². The van der Waals surface area contributed by atoms with Gasteiger partial charge in [-0.2, -0.15) is 0 Å². The molecule has 2 aliphatic rings. The summed E-state index contributed by atoms with van der Waals surface area (Å²) in [5.41, 5.74) is 2.19. The van der Waals surface area contributed by atoms with E-state index < -0.39 is 5.41 Å². The molecular weight excluding hydrogens is 324 g/mol. The summed E-state index contributed by atoms with van der Waals surface area (Å²) < 4.78 is 0. The fraction of sp³-hybridized carbons (Fsp3) is 0.636. The lowest BCUT2D eigenvalue weighted by molar-refractivity contribution is -0.134. The molecule has 0 saturated heterocycles. The van der Waals surface area contributed by atoms with Gasteiger partial charge in [-0.3, -0.25) is 9.59 Å². The molecule has 0 radical (unpaired) electrons. The summed E-state index contributed by atoms with van der Waals surface area (Å²) in [6.07, 6.45) is 8.24. The number of anilines is 1. The van der Waals surface area contributed by atoms with Crippen LogP contribution in [-0.4, -0.2) is 17.9 Å². The van der Waals surface area contributed by atoms with E-state index in [2.05, 4.69) is 30.5 Å². The van der Waals surface area contributed by atoms with Gasteiger partial charge in [0, 0.05) is 11.7 Å². The van der Waals surface area contributed by atoms with Gasteiger partial charge in [-0.25, -0.2) is 0 Å². The van der Waals surface area contributed by atoms with Crippen LogP contribution in [0.25, 0.3) is 0 Å². The fourth-order valence-electron chi connectivity index (χ4n) is 4.00. The van der Waals surface area contributed by atoms with E-state index in [1.807, 2.05) is 19.1 Å². The molecule has 0 unspecified atom stereocenters. The third-order valence-electron chi connectivity index (χ3n) is 5.98. The number of para-hydroxylation sites is 1. The Hall–Kier alpha value is -1.84. The van der Waals surface area contributed by atoms with Crippen LogP contribution in [0, 0.1) is 12.3 Å². The minimum absolute atomic E-state index is 0.0680. The van der Waals surface area contributed by atoms with Gasteiger partial charge in [-0.05, 0) is 49.7 Å². The Balaban J connectivity index is 1.70. The highest BCUT2D eigenvalue weighted by Gasteiger charge is 2.56. The number of amides is 2. The van der Waals surface area contributed by atoms with Crippen LogP contribution in [0.15, 0.2) is 18.2 Å². The van der Waals surface area contributed by atoms with Crippen LogP contribution in [0.1, 0.15) is 82.3 Å². The third-order valence-corrected chi connectivity index (χ3v) is 5.98. The smallest absolute Gasteiger partial charge is 0.240 e. The Kier molecular flexibility index (Phi) is 5.69. The first-order valence-corrected chi connectivity index (χ1v) is 10.2. The molecule has 4 heteroatoms. The highest BCUT2D eigenvalue weighted by atomic mass is 16.2. The molecule has 2 N–H and O–H groups in total. The zero-order valence-electron chi connectivity index (χ0n) is 16.4. The minimum atomic E-state index is -0.858. The zero-order chi connectivity index (χ0) is 18.7. The van der Waals surface area contributed by atoms with Crippen molar-refractivity contribution in [3.05, 3.63) is 29.3 Å². The Morgan fingerprint density at radius 1 is 1.04 bits per heavy atom. The maximum atomic E-state index is 13.0. The monoisotopic (exact) mass is 356 g/mol. The summed E-state index contributed by atoms with van der Waals surface area (Å²) >= 11 is 0. The first-order valence-electron chi connectivity index (χ1n) is 10.2. The average molecular weight is 357 g/mol. The molecule has 0 spiro atoms. The molecule has 0 bridgehead atoms. The number of carbonyl (C=O) groups is 2. The van der Waals surface area contributed by atoms with E-state index >= 15 is 0 Å². The largest absolute Gasteiger partial charge is 0.352 e. The molecule has 0 atom stereocenters. The highest BCUT2D eigenvalue weighted by molar-refractivity contribution is 6.13. The van der Waals surface area contributed by atoms with E-state index in [1.54, 1.807) is 0 Å². The van der Waals surface area contributed by atoms with Gasteiger partial charge in [0.05, 0.1) is 0 Å². The number of hydrogen-bond acceptors (Lipinski definition) is 2. The molecule has 2 fully saturated rings. The quantitative estimate of drug-likeness (QED) is 0.595.